The molecule has 1 aliphatic carbocycles. The molecular formula is C30H40ClFN8O2. The topological polar surface area (TPSA) is 121 Å². The van der Waals surface area contributed by atoms with Crippen LogP contribution >= 0.6 is 11.6 Å². The van der Waals surface area contributed by atoms with Gasteiger partial charge in [0.2, 0.25) is 5.95 Å². The van der Waals surface area contributed by atoms with Crippen LogP contribution in [0.3, 0.4) is 0 Å². The number of hydrazine groups is 1. The summed E-state index contributed by atoms with van der Waals surface area (Å²) in [7, 11) is 0. The normalized spacial score (nSPS) is 21.0. The standard InChI is InChI=1S/C30H40ClFN8O2/c1-18-7-9-19(10-8-18)17-40-26-23(36-28(40)39-11-5-6-22(39)14-32)13-24(27(33)37-38-29(41)42-30(2,3)4)35-25(26)20-12-21(31)16-34-15-20/h12-13,15-16,18-19,22H,5-11,14,17H2,1-4H3,(H2,33,37)(H,38,41)/t18-,19-,22-/m0/s1. The van der Waals surface area contributed by atoms with Crippen molar-refractivity contribution in [1.82, 2.24) is 30.4 Å². The number of nitrogens with zero attached hydrogens (tertiary/aromatic N) is 5. The zero-order chi connectivity index (χ0) is 30.0. The fourth-order valence-electron chi connectivity index (χ4n) is 5.92. The van der Waals surface area contributed by atoms with E-state index in [0.717, 1.165) is 56.2 Å². The van der Waals surface area contributed by atoms with Gasteiger partial charge in [-0.25, -0.2) is 24.6 Å². The molecule has 0 aromatic carbocycles. The summed E-state index contributed by atoms with van der Waals surface area (Å²) in [5.74, 6) is 1.77. The monoisotopic (exact) mass is 598 g/mol. The zero-order valence-corrected chi connectivity index (χ0v) is 25.5. The van der Waals surface area contributed by atoms with Gasteiger partial charge in [-0.2, -0.15) is 0 Å². The molecule has 3 aromatic heterocycles. The third-order valence-corrected chi connectivity index (χ3v) is 8.22. The van der Waals surface area contributed by atoms with Crippen molar-refractivity contribution in [2.24, 2.45) is 11.8 Å². The maximum absolute atomic E-state index is 14.1. The van der Waals surface area contributed by atoms with E-state index in [4.69, 9.17) is 31.7 Å². The average Bonchev–Trinajstić information content (AvgIpc) is 3.56. The van der Waals surface area contributed by atoms with Gasteiger partial charge in [-0.3, -0.25) is 15.8 Å². The third kappa shape index (κ3) is 6.77. The first-order valence-corrected chi connectivity index (χ1v) is 15.1. The number of halogens is 2. The lowest BCUT2D eigenvalue weighted by Crippen LogP contribution is -2.44. The highest BCUT2D eigenvalue weighted by Gasteiger charge is 2.32. The van der Waals surface area contributed by atoms with Crippen molar-refractivity contribution in [3.63, 3.8) is 0 Å². The first kappa shape index (κ1) is 30.0. The number of fused-ring (bicyclic) bond motifs is 1. The van der Waals surface area contributed by atoms with Crippen molar-refractivity contribution in [2.75, 3.05) is 18.1 Å². The Hall–Kier alpha value is -3.47. The molecule has 3 N–H and O–H groups in total. The molecule has 1 amide bonds. The predicted octanol–water partition coefficient (Wildman–Crippen LogP) is 6.27. The van der Waals surface area contributed by atoms with Crippen LogP contribution in [0.2, 0.25) is 5.02 Å². The number of pyridine rings is 2. The lowest BCUT2D eigenvalue weighted by atomic mass is 9.83. The van der Waals surface area contributed by atoms with E-state index in [-0.39, 0.29) is 17.6 Å². The van der Waals surface area contributed by atoms with Crippen LogP contribution in [0.25, 0.3) is 22.3 Å². The molecule has 226 valence electrons. The molecule has 0 unspecified atom stereocenters. The Labute approximate surface area is 250 Å². The Kier molecular flexibility index (Phi) is 8.86. The van der Waals surface area contributed by atoms with Gasteiger partial charge < -0.3 is 14.2 Å². The van der Waals surface area contributed by atoms with Crippen molar-refractivity contribution in [2.45, 2.75) is 84.4 Å². The number of amidine groups is 1. The van der Waals surface area contributed by atoms with Crippen LogP contribution in [0.1, 0.15) is 71.9 Å². The minimum atomic E-state index is -0.716. The predicted molar refractivity (Wildman–Crippen MR) is 163 cm³/mol. The van der Waals surface area contributed by atoms with Gasteiger partial charge in [-0.15, -0.1) is 0 Å². The van der Waals surface area contributed by atoms with Crippen LogP contribution in [0, 0.1) is 17.2 Å². The molecule has 0 bridgehead atoms. The smallest absolute Gasteiger partial charge is 0.426 e. The quantitative estimate of drug-likeness (QED) is 0.174. The fourth-order valence-corrected chi connectivity index (χ4v) is 6.09. The van der Waals surface area contributed by atoms with E-state index < -0.39 is 18.4 Å². The van der Waals surface area contributed by atoms with Crippen LogP contribution in [-0.2, 0) is 11.3 Å². The number of anilines is 1. The minimum absolute atomic E-state index is 0.140. The molecule has 1 atom stereocenters. The summed E-state index contributed by atoms with van der Waals surface area (Å²) in [6, 6.07) is 3.29. The van der Waals surface area contributed by atoms with Gasteiger partial charge in [-0.05, 0) is 70.4 Å². The number of alkyl halides is 1. The average molecular weight is 599 g/mol. The molecule has 12 heteroatoms. The molecule has 2 aliphatic rings. The van der Waals surface area contributed by atoms with E-state index in [2.05, 4.69) is 32.2 Å². The van der Waals surface area contributed by atoms with E-state index in [9.17, 15) is 9.18 Å². The van der Waals surface area contributed by atoms with E-state index in [0.29, 0.717) is 27.7 Å². The van der Waals surface area contributed by atoms with Crippen LogP contribution in [0.4, 0.5) is 15.1 Å². The number of nitrogens with one attached hydrogen (secondary N) is 3. The molecule has 3 aromatic rings. The number of amides is 1. The van der Waals surface area contributed by atoms with E-state index in [1.807, 2.05) is 0 Å². The second-order valence-corrected chi connectivity index (χ2v) is 13.0. The highest BCUT2D eigenvalue weighted by atomic mass is 35.5. The molecule has 1 saturated heterocycles. The largest absolute Gasteiger partial charge is 0.443 e. The lowest BCUT2D eigenvalue weighted by molar-refractivity contribution is 0.0513. The Morgan fingerprint density at radius 1 is 1.14 bits per heavy atom. The summed E-state index contributed by atoms with van der Waals surface area (Å²) in [5, 5.41) is 9.12. The number of hydrogen-bond donors (Lipinski definition) is 3. The van der Waals surface area contributed by atoms with E-state index in [1.165, 1.54) is 12.8 Å². The summed E-state index contributed by atoms with van der Waals surface area (Å²) in [6.07, 6.45) is 8.82. The maximum atomic E-state index is 14.1. The Bertz CT molecular complexity index is 1450. The third-order valence-electron chi connectivity index (χ3n) is 8.02. The summed E-state index contributed by atoms with van der Waals surface area (Å²) in [5.41, 5.74) is 7.25. The number of imidazole rings is 1. The molecule has 0 spiro atoms. The summed E-state index contributed by atoms with van der Waals surface area (Å²) in [6.45, 7) is 8.61. The summed E-state index contributed by atoms with van der Waals surface area (Å²) < 4.78 is 21.6. The minimum Gasteiger partial charge on any atom is -0.443 e. The second-order valence-electron chi connectivity index (χ2n) is 12.5. The van der Waals surface area contributed by atoms with Gasteiger partial charge >= 0.3 is 6.09 Å². The van der Waals surface area contributed by atoms with Crippen molar-refractivity contribution in [1.29, 1.82) is 5.41 Å². The van der Waals surface area contributed by atoms with Crippen molar-refractivity contribution >= 4 is 40.5 Å². The first-order chi connectivity index (χ1) is 20.0. The molecule has 2 fully saturated rings. The number of ether oxygens (including phenoxy) is 1. The summed E-state index contributed by atoms with van der Waals surface area (Å²) >= 11 is 6.36. The Morgan fingerprint density at radius 2 is 1.90 bits per heavy atom. The lowest BCUT2D eigenvalue weighted by Gasteiger charge is -2.29. The van der Waals surface area contributed by atoms with Crippen molar-refractivity contribution < 1.29 is 13.9 Å². The number of carbonyl (C=O) groups excluding carboxylic acids is 1. The number of hydrogen-bond acceptors (Lipinski definition) is 7. The molecule has 4 heterocycles. The van der Waals surface area contributed by atoms with E-state index in [1.54, 1.807) is 45.3 Å². The molecule has 0 radical (unpaired) electrons. The maximum Gasteiger partial charge on any atom is 0.426 e. The molecule has 10 nitrogen and oxygen atoms in total. The van der Waals surface area contributed by atoms with Gasteiger partial charge in [0.25, 0.3) is 0 Å². The molecule has 42 heavy (non-hydrogen) atoms. The SMILES string of the molecule is CC(C)(C)OC(=O)NNC(=N)c1cc2nc(N3CCC[C@H]3CF)n(C[C@H]3CC[C@H](C)CC3)c2c(-c2cncc(Cl)c2)n1. The molecule has 5 rings (SSSR count). The Morgan fingerprint density at radius 3 is 2.60 bits per heavy atom. The van der Waals surface area contributed by atoms with Gasteiger partial charge in [0.15, 0.2) is 5.84 Å². The highest BCUT2D eigenvalue weighted by molar-refractivity contribution is 6.30. The van der Waals surface area contributed by atoms with Crippen molar-refractivity contribution in [3.05, 3.63) is 35.2 Å². The Balaban J connectivity index is 1.60. The van der Waals surface area contributed by atoms with E-state index >= 15 is 0 Å². The molecule has 1 saturated carbocycles. The number of aromatic nitrogens is 4. The van der Waals surface area contributed by atoms with Crippen LogP contribution in [-0.4, -0.2) is 56.3 Å². The van der Waals surface area contributed by atoms with Gasteiger partial charge in [0.1, 0.15) is 18.0 Å². The zero-order valence-electron chi connectivity index (χ0n) is 24.7. The number of rotatable bonds is 6. The van der Waals surface area contributed by atoms with Crippen LogP contribution in [0.5, 0.6) is 0 Å². The summed E-state index contributed by atoms with van der Waals surface area (Å²) in [4.78, 5) is 28.5. The molecular weight excluding hydrogens is 559 g/mol. The van der Waals surface area contributed by atoms with Crippen molar-refractivity contribution in [3.8, 4) is 11.3 Å². The van der Waals surface area contributed by atoms with Crippen LogP contribution in [0.15, 0.2) is 24.5 Å². The van der Waals surface area contributed by atoms with Gasteiger partial charge in [-0.1, -0.05) is 31.4 Å². The molecule has 1 aliphatic heterocycles. The van der Waals surface area contributed by atoms with Crippen LogP contribution < -0.4 is 15.8 Å². The first-order valence-electron chi connectivity index (χ1n) is 14.7. The van der Waals surface area contributed by atoms with Gasteiger partial charge in [0.05, 0.1) is 27.8 Å². The fraction of sp³-hybridized carbons (Fsp3) is 0.567. The second kappa shape index (κ2) is 12.4. The highest BCUT2D eigenvalue weighted by Crippen LogP contribution is 2.37. The number of carbonyl (C=O) groups is 1. The van der Waals surface area contributed by atoms with Gasteiger partial charge in [0, 0.05) is 31.0 Å².